The van der Waals surface area contributed by atoms with E-state index in [1.165, 1.54) is 4.57 Å². The maximum atomic E-state index is 11.4. The number of para-hydroxylation sites is 2. The molecule has 2 aromatic rings. The maximum Gasteiger partial charge on any atom is 0.421 e. The first-order valence-electron chi connectivity index (χ1n) is 4.49. The fraction of sp³-hybridized carbons (Fsp3) is 0.300. The van der Waals surface area contributed by atoms with Gasteiger partial charge in [-0.25, -0.2) is 9.36 Å². The van der Waals surface area contributed by atoms with Crippen molar-refractivity contribution in [2.45, 2.75) is 13.7 Å². The Bertz CT molecular complexity index is 483. The van der Waals surface area contributed by atoms with Gasteiger partial charge in [0.25, 0.3) is 0 Å². The van der Waals surface area contributed by atoms with Gasteiger partial charge >= 0.3 is 5.76 Å². The summed E-state index contributed by atoms with van der Waals surface area (Å²) in [7, 11) is 0. The quantitative estimate of drug-likeness (QED) is 0.743. The lowest BCUT2D eigenvalue weighted by molar-refractivity contribution is 0.0856. The highest BCUT2D eigenvalue weighted by molar-refractivity contribution is 5.72. The number of aromatic nitrogens is 1. The summed E-state index contributed by atoms with van der Waals surface area (Å²) in [6.07, 6.45) is 0. The third-order valence-corrected chi connectivity index (χ3v) is 2.00. The van der Waals surface area contributed by atoms with Crippen molar-refractivity contribution in [3.05, 3.63) is 34.8 Å². The highest BCUT2D eigenvalue weighted by Gasteiger charge is 2.06. The number of oxazole rings is 1. The van der Waals surface area contributed by atoms with Crippen LogP contribution in [0.4, 0.5) is 0 Å². The molecule has 14 heavy (non-hydrogen) atoms. The van der Waals surface area contributed by atoms with E-state index in [4.69, 9.17) is 9.15 Å². The molecular formula is C10H11NO3. The molecule has 0 N–H and O–H groups in total. The first-order chi connectivity index (χ1) is 6.83. The summed E-state index contributed by atoms with van der Waals surface area (Å²) < 4.78 is 11.7. The van der Waals surface area contributed by atoms with E-state index in [2.05, 4.69) is 0 Å². The lowest BCUT2D eigenvalue weighted by Crippen LogP contribution is -2.15. The van der Waals surface area contributed by atoms with Gasteiger partial charge in [0.2, 0.25) is 0 Å². The van der Waals surface area contributed by atoms with E-state index in [0.717, 1.165) is 5.52 Å². The topological polar surface area (TPSA) is 44.4 Å². The average molecular weight is 193 g/mol. The molecule has 0 amide bonds. The third kappa shape index (κ3) is 1.44. The molecule has 4 heteroatoms. The highest BCUT2D eigenvalue weighted by atomic mass is 16.5. The summed E-state index contributed by atoms with van der Waals surface area (Å²) in [5, 5.41) is 0. The lowest BCUT2D eigenvalue weighted by Gasteiger charge is -2.00. The molecule has 0 saturated carbocycles. The van der Waals surface area contributed by atoms with Crippen LogP contribution in [0.15, 0.2) is 33.5 Å². The summed E-state index contributed by atoms with van der Waals surface area (Å²) in [5.74, 6) is -0.375. The molecule has 1 aromatic carbocycles. The zero-order valence-corrected chi connectivity index (χ0v) is 7.90. The van der Waals surface area contributed by atoms with Crippen molar-refractivity contribution < 1.29 is 9.15 Å². The number of benzene rings is 1. The van der Waals surface area contributed by atoms with Gasteiger partial charge < -0.3 is 9.15 Å². The van der Waals surface area contributed by atoms with Crippen molar-refractivity contribution in [3.63, 3.8) is 0 Å². The predicted octanol–water partition coefficient (Wildman–Crippen LogP) is 1.59. The second-order valence-electron chi connectivity index (χ2n) is 2.89. The number of hydrogen-bond acceptors (Lipinski definition) is 3. The number of fused-ring (bicyclic) bond motifs is 1. The Morgan fingerprint density at radius 1 is 1.43 bits per heavy atom. The average Bonchev–Trinajstić information content (AvgIpc) is 2.51. The van der Waals surface area contributed by atoms with Crippen LogP contribution in [0.5, 0.6) is 0 Å². The minimum absolute atomic E-state index is 0.242. The smallest absolute Gasteiger partial charge is 0.408 e. The van der Waals surface area contributed by atoms with Crippen molar-refractivity contribution >= 4 is 11.1 Å². The molecule has 0 aliphatic heterocycles. The van der Waals surface area contributed by atoms with E-state index in [9.17, 15) is 4.79 Å². The predicted molar refractivity (Wildman–Crippen MR) is 52.1 cm³/mol. The fourth-order valence-electron chi connectivity index (χ4n) is 1.32. The molecule has 0 atom stereocenters. The molecule has 0 fully saturated rings. The Morgan fingerprint density at radius 3 is 3.00 bits per heavy atom. The SMILES string of the molecule is CCOCn1c(=O)oc2ccccc21. The fourth-order valence-corrected chi connectivity index (χ4v) is 1.32. The molecule has 2 rings (SSSR count). The molecule has 1 aromatic heterocycles. The summed E-state index contributed by atoms with van der Waals surface area (Å²) in [6, 6.07) is 7.29. The van der Waals surface area contributed by atoms with Gasteiger partial charge in [-0.15, -0.1) is 0 Å². The van der Waals surface area contributed by atoms with Crippen molar-refractivity contribution in [1.82, 2.24) is 4.57 Å². The second kappa shape index (κ2) is 3.67. The minimum Gasteiger partial charge on any atom is -0.408 e. The number of hydrogen-bond donors (Lipinski definition) is 0. The standard InChI is InChI=1S/C10H11NO3/c1-2-13-7-11-8-5-3-4-6-9(8)14-10(11)12/h3-6H,2,7H2,1H3. The number of ether oxygens (including phenoxy) is 1. The van der Waals surface area contributed by atoms with E-state index in [0.29, 0.717) is 12.2 Å². The molecule has 0 bridgehead atoms. The van der Waals surface area contributed by atoms with Gasteiger partial charge in [-0.2, -0.15) is 0 Å². The van der Waals surface area contributed by atoms with Crippen molar-refractivity contribution in [2.24, 2.45) is 0 Å². The van der Waals surface area contributed by atoms with Crippen LogP contribution < -0.4 is 5.76 Å². The van der Waals surface area contributed by atoms with E-state index < -0.39 is 0 Å². The van der Waals surface area contributed by atoms with E-state index in [1.807, 2.05) is 25.1 Å². The normalized spacial score (nSPS) is 10.9. The van der Waals surface area contributed by atoms with Gasteiger partial charge in [0.15, 0.2) is 5.58 Å². The highest BCUT2D eigenvalue weighted by Crippen LogP contribution is 2.11. The van der Waals surface area contributed by atoms with Gasteiger partial charge in [0.1, 0.15) is 6.73 Å². The van der Waals surface area contributed by atoms with Gasteiger partial charge in [0.05, 0.1) is 5.52 Å². The van der Waals surface area contributed by atoms with Crippen LogP contribution in [0.3, 0.4) is 0 Å². The molecule has 0 aliphatic rings. The first kappa shape index (κ1) is 9.02. The Hall–Kier alpha value is -1.55. The summed E-state index contributed by atoms with van der Waals surface area (Å²) in [5.41, 5.74) is 1.36. The molecule has 4 nitrogen and oxygen atoms in total. The third-order valence-electron chi connectivity index (χ3n) is 2.00. The Labute approximate surface area is 80.7 Å². The van der Waals surface area contributed by atoms with Crippen LogP contribution in [0.1, 0.15) is 6.92 Å². The summed E-state index contributed by atoms with van der Waals surface area (Å²) in [6.45, 7) is 2.70. The van der Waals surface area contributed by atoms with Gasteiger partial charge in [-0.3, -0.25) is 0 Å². The van der Waals surface area contributed by atoms with E-state index in [-0.39, 0.29) is 12.5 Å². The monoisotopic (exact) mass is 193 g/mol. The van der Waals surface area contributed by atoms with E-state index >= 15 is 0 Å². The van der Waals surface area contributed by atoms with Crippen LogP contribution >= 0.6 is 0 Å². The van der Waals surface area contributed by atoms with Crippen LogP contribution in [0.2, 0.25) is 0 Å². The second-order valence-corrected chi connectivity index (χ2v) is 2.89. The molecule has 0 unspecified atom stereocenters. The van der Waals surface area contributed by atoms with Crippen LogP contribution in [-0.2, 0) is 11.5 Å². The molecule has 1 heterocycles. The van der Waals surface area contributed by atoms with Crippen molar-refractivity contribution in [3.8, 4) is 0 Å². The largest absolute Gasteiger partial charge is 0.421 e. The zero-order chi connectivity index (χ0) is 9.97. The number of nitrogens with zero attached hydrogens (tertiary/aromatic N) is 1. The molecule has 0 saturated heterocycles. The molecule has 74 valence electrons. The summed E-state index contributed by atoms with van der Waals surface area (Å²) >= 11 is 0. The Kier molecular flexibility index (Phi) is 2.37. The molecule has 0 radical (unpaired) electrons. The van der Waals surface area contributed by atoms with Crippen LogP contribution in [-0.4, -0.2) is 11.2 Å². The minimum atomic E-state index is -0.375. The molecule has 0 spiro atoms. The Balaban J connectivity index is 2.51. The Morgan fingerprint density at radius 2 is 2.21 bits per heavy atom. The van der Waals surface area contributed by atoms with Crippen molar-refractivity contribution in [1.29, 1.82) is 0 Å². The maximum absolute atomic E-state index is 11.4. The zero-order valence-electron chi connectivity index (χ0n) is 7.90. The molecule has 0 aliphatic carbocycles. The summed E-state index contributed by atoms with van der Waals surface area (Å²) in [4.78, 5) is 11.4. The van der Waals surface area contributed by atoms with Gasteiger partial charge in [-0.05, 0) is 19.1 Å². The lowest BCUT2D eigenvalue weighted by atomic mass is 10.3. The van der Waals surface area contributed by atoms with Crippen LogP contribution in [0, 0.1) is 0 Å². The number of rotatable bonds is 3. The van der Waals surface area contributed by atoms with Gasteiger partial charge in [-0.1, -0.05) is 12.1 Å². The van der Waals surface area contributed by atoms with E-state index in [1.54, 1.807) is 6.07 Å². The first-order valence-corrected chi connectivity index (χ1v) is 4.49. The molecular weight excluding hydrogens is 182 g/mol. The van der Waals surface area contributed by atoms with Gasteiger partial charge in [0, 0.05) is 6.61 Å². The van der Waals surface area contributed by atoms with Crippen molar-refractivity contribution in [2.75, 3.05) is 6.61 Å². The van der Waals surface area contributed by atoms with Crippen LogP contribution in [0.25, 0.3) is 11.1 Å².